The first kappa shape index (κ1) is 11.4. The normalized spacial score (nSPS) is 20.8. The van der Waals surface area contributed by atoms with Gasteiger partial charge in [0, 0.05) is 26.6 Å². The molecule has 1 unspecified atom stereocenters. The highest BCUT2D eigenvalue weighted by molar-refractivity contribution is 7.80. The molecule has 0 radical (unpaired) electrons. The fraction of sp³-hybridized carbons (Fsp3) is 0.778. The summed E-state index contributed by atoms with van der Waals surface area (Å²) in [5.74, 6) is 0.0405. The second kappa shape index (κ2) is 5.26. The Bertz CT molecular complexity index is 227. The minimum Gasteiger partial charge on any atom is -0.393 e. The van der Waals surface area contributed by atoms with E-state index < -0.39 is 0 Å². The van der Waals surface area contributed by atoms with Crippen molar-refractivity contribution in [3.8, 4) is 0 Å². The third-order valence-electron chi connectivity index (χ3n) is 2.27. The van der Waals surface area contributed by atoms with Crippen LogP contribution >= 0.6 is 12.2 Å². The van der Waals surface area contributed by atoms with Crippen molar-refractivity contribution in [2.24, 2.45) is 5.73 Å². The predicted molar refractivity (Wildman–Crippen MR) is 58.0 cm³/mol. The summed E-state index contributed by atoms with van der Waals surface area (Å²) in [6.07, 6.45) is 2.13. The zero-order valence-corrected chi connectivity index (χ0v) is 9.18. The molecule has 1 rings (SSSR count). The molecule has 1 aliphatic heterocycles. The Kier molecular flexibility index (Phi) is 4.28. The molecule has 0 aliphatic carbocycles. The first-order valence-electron chi connectivity index (χ1n) is 4.76. The van der Waals surface area contributed by atoms with Crippen LogP contribution in [0.25, 0.3) is 0 Å². The highest BCUT2D eigenvalue weighted by atomic mass is 32.1. The molecule has 14 heavy (non-hydrogen) atoms. The zero-order chi connectivity index (χ0) is 10.6. The highest BCUT2D eigenvalue weighted by Gasteiger charge is 2.25. The number of ether oxygens (including phenoxy) is 1. The molecule has 2 N–H and O–H groups in total. The molecule has 1 atom stereocenters. The van der Waals surface area contributed by atoms with Crippen LogP contribution in [0.2, 0.25) is 0 Å². The predicted octanol–water partition coefficient (Wildman–Crippen LogP) is 0.300. The van der Waals surface area contributed by atoms with Gasteiger partial charge in [0.05, 0.1) is 4.99 Å². The zero-order valence-electron chi connectivity index (χ0n) is 8.36. The van der Waals surface area contributed by atoms with Gasteiger partial charge in [-0.2, -0.15) is 0 Å². The van der Waals surface area contributed by atoms with Gasteiger partial charge in [-0.25, -0.2) is 0 Å². The number of amides is 1. The fourth-order valence-electron chi connectivity index (χ4n) is 1.41. The lowest BCUT2D eigenvalue weighted by atomic mass is 10.2. The minimum atomic E-state index is -0.244. The number of thiocarbonyl (C=S) groups is 1. The lowest BCUT2D eigenvalue weighted by Crippen LogP contribution is -2.37. The Labute approximate surface area is 89.4 Å². The monoisotopic (exact) mass is 216 g/mol. The molecule has 0 aromatic carbocycles. The third kappa shape index (κ3) is 3.23. The summed E-state index contributed by atoms with van der Waals surface area (Å²) in [6.45, 7) is 1.27. The lowest BCUT2D eigenvalue weighted by molar-refractivity contribution is -0.139. The highest BCUT2D eigenvalue weighted by Crippen LogP contribution is 2.14. The molecule has 0 spiro atoms. The van der Waals surface area contributed by atoms with Crippen molar-refractivity contribution in [1.82, 2.24) is 4.90 Å². The Morgan fingerprint density at radius 2 is 2.43 bits per heavy atom. The third-order valence-corrected chi connectivity index (χ3v) is 2.48. The summed E-state index contributed by atoms with van der Waals surface area (Å²) < 4.78 is 5.29. The van der Waals surface area contributed by atoms with Gasteiger partial charge in [0.25, 0.3) is 5.91 Å². The van der Waals surface area contributed by atoms with Gasteiger partial charge in [-0.3, -0.25) is 4.79 Å². The van der Waals surface area contributed by atoms with E-state index in [4.69, 9.17) is 22.7 Å². The molecule has 1 saturated heterocycles. The molecular weight excluding hydrogens is 200 g/mol. The molecule has 0 bridgehead atoms. The molecule has 1 fully saturated rings. The summed E-state index contributed by atoms with van der Waals surface area (Å²) >= 11 is 4.74. The Hall–Kier alpha value is -0.680. The maximum absolute atomic E-state index is 11.7. The second-order valence-electron chi connectivity index (χ2n) is 3.48. The van der Waals surface area contributed by atoms with Crippen LogP contribution in [0.5, 0.6) is 0 Å². The van der Waals surface area contributed by atoms with Gasteiger partial charge in [-0.05, 0) is 12.8 Å². The van der Waals surface area contributed by atoms with E-state index in [-0.39, 0.29) is 12.0 Å². The van der Waals surface area contributed by atoms with E-state index in [2.05, 4.69) is 0 Å². The molecule has 80 valence electrons. The largest absolute Gasteiger partial charge is 0.393 e. The number of carbonyl (C=O) groups is 1. The van der Waals surface area contributed by atoms with E-state index in [1.165, 1.54) is 0 Å². The molecular formula is C9H16N2O2S. The summed E-state index contributed by atoms with van der Waals surface area (Å²) in [6, 6.07) is 0. The van der Waals surface area contributed by atoms with Crippen molar-refractivity contribution in [3.05, 3.63) is 0 Å². The van der Waals surface area contributed by atoms with Crippen LogP contribution in [0, 0.1) is 0 Å². The van der Waals surface area contributed by atoms with Gasteiger partial charge >= 0.3 is 0 Å². The standard InChI is InChI=1S/C9H16N2O2S/c1-11(5-4-8(10)14)9(12)7-3-2-6-13-7/h7H,2-6H2,1H3,(H2,10,14). The van der Waals surface area contributed by atoms with Crippen LogP contribution in [0.1, 0.15) is 19.3 Å². The first-order chi connectivity index (χ1) is 6.61. The summed E-state index contributed by atoms with van der Waals surface area (Å²) in [4.78, 5) is 13.8. The van der Waals surface area contributed by atoms with Crippen LogP contribution in [-0.2, 0) is 9.53 Å². The molecule has 4 nitrogen and oxygen atoms in total. The van der Waals surface area contributed by atoms with E-state index in [9.17, 15) is 4.79 Å². The molecule has 1 amide bonds. The van der Waals surface area contributed by atoms with E-state index in [1.807, 2.05) is 0 Å². The van der Waals surface area contributed by atoms with Crippen molar-refractivity contribution in [2.75, 3.05) is 20.2 Å². The Morgan fingerprint density at radius 3 is 2.93 bits per heavy atom. The van der Waals surface area contributed by atoms with E-state index in [0.29, 0.717) is 24.6 Å². The number of hydrogen-bond donors (Lipinski definition) is 1. The van der Waals surface area contributed by atoms with Crippen molar-refractivity contribution in [3.63, 3.8) is 0 Å². The van der Waals surface area contributed by atoms with Gasteiger partial charge in [0.15, 0.2) is 0 Å². The van der Waals surface area contributed by atoms with E-state index in [0.717, 1.165) is 12.8 Å². The number of rotatable bonds is 4. The molecule has 1 aliphatic rings. The first-order valence-corrected chi connectivity index (χ1v) is 5.17. The number of nitrogens with zero attached hydrogens (tertiary/aromatic N) is 1. The quantitative estimate of drug-likeness (QED) is 0.687. The van der Waals surface area contributed by atoms with Crippen LogP contribution in [0.15, 0.2) is 0 Å². The van der Waals surface area contributed by atoms with Gasteiger partial charge in [0.1, 0.15) is 6.10 Å². The average molecular weight is 216 g/mol. The molecule has 0 aromatic rings. The second-order valence-corrected chi connectivity index (χ2v) is 4.00. The molecule has 5 heteroatoms. The Balaban J connectivity index is 2.31. The van der Waals surface area contributed by atoms with Crippen molar-refractivity contribution in [1.29, 1.82) is 0 Å². The van der Waals surface area contributed by atoms with Crippen LogP contribution < -0.4 is 5.73 Å². The van der Waals surface area contributed by atoms with E-state index >= 15 is 0 Å². The van der Waals surface area contributed by atoms with Crippen LogP contribution in [0.4, 0.5) is 0 Å². The smallest absolute Gasteiger partial charge is 0.251 e. The van der Waals surface area contributed by atoms with Crippen molar-refractivity contribution >= 4 is 23.1 Å². The molecule has 0 aromatic heterocycles. The van der Waals surface area contributed by atoms with Gasteiger partial charge < -0.3 is 15.4 Å². The molecule has 0 saturated carbocycles. The van der Waals surface area contributed by atoms with Gasteiger partial charge in [-0.1, -0.05) is 12.2 Å². The maximum atomic E-state index is 11.7. The minimum absolute atomic E-state index is 0.0405. The van der Waals surface area contributed by atoms with Crippen LogP contribution in [0.3, 0.4) is 0 Å². The topological polar surface area (TPSA) is 55.6 Å². The van der Waals surface area contributed by atoms with Crippen molar-refractivity contribution in [2.45, 2.75) is 25.4 Å². The lowest BCUT2D eigenvalue weighted by Gasteiger charge is -2.20. The average Bonchev–Trinajstić information content (AvgIpc) is 2.65. The Morgan fingerprint density at radius 1 is 1.71 bits per heavy atom. The SMILES string of the molecule is CN(CCC(N)=S)C(=O)C1CCCO1. The number of likely N-dealkylation sites (N-methyl/N-ethyl adjacent to an activating group) is 1. The van der Waals surface area contributed by atoms with E-state index in [1.54, 1.807) is 11.9 Å². The number of nitrogens with two attached hydrogens (primary N) is 1. The van der Waals surface area contributed by atoms with Gasteiger partial charge in [0.2, 0.25) is 0 Å². The number of carbonyl (C=O) groups excluding carboxylic acids is 1. The summed E-state index contributed by atoms with van der Waals surface area (Å²) in [5, 5.41) is 0. The molecule has 1 heterocycles. The van der Waals surface area contributed by atoms with Gasteiger partial charge in [-0.15, -0.1) is 0 Å². The fourth-order valence-corrected chi connectivity index (χ4v) is 1.50. The van der Waals surface area contributed by atoms with Crippen molar-refractivity contribution < 1.29 is 9.53 Å². The van der Waals surface area contributed by atoms with Crippen LogP contribution in [-0.4, -0.2) is 42.1 Å². The maximum Gasteiger partial charge on any atom is 0.251 e. The summed E-state index contributed by atoms with van der Waals surface area (Å²) in [5.41, 5.74) is 5.36. The number of hydrogen-bond acceptors (Lipinski definition) is 3. The summed E-state index contributed by atoms with van der Waals surface area (Å²) in [7, 11) is 1.75.